The van der Waals surface area contributed by atoms with Gasteiger partial charge in [-0.15, -0.1) is 0 Å². The molecule has 3 rings (SSSR count). The van der Waals surface area contributed by atoms with Crippen molar-refractivity contribution in [3.63, 3.8) is 0 Å². The van der Waals surface area contributed by atoms with Crippen LogP contribution >= 0.6 is 0 Å². The first-order valence-electron chi connectivity index (χ1n) is 8.73. The van der Waals surface area contributed by atoms with Crippen molar-refractivity contribution in [2.24, 2.45) is 0 Å². The van der Waals surface area contributed by atoms with Crippen LogP contribution in [0.1, 0.15) is 32.0 Å². The number of nitrogens with one attached hydrogen (secondary N) is 2. The number of alkyl halides is 3. The summed E-state index contributed by atoms with van der Waals surface area (Å²) in [5, 5.41) is 4.60. The molecular formula is C21H17F3N2O4. The Kier molecular flexibility index (Phi) is 6.22. The SMILES string of the molecule is COCc1ccc(C(=O)Nc2ccc(NC(=O)c3ccco3)cc2C(F)(F)F)cc1. The number of hydrogen-bond donors (Lipinski definition) is 2. The zero-order chi connectivity index (χ0) is 21.7. The van der Waals surface area contributed by atoms with Gasteiger partial charge in [-0.1, -0.05) is 12.1 Å². The summed E-state index contributed by atoms with van der Waals surface area (Å²) < 4.78 is 50.5. The summed E-state index contributed by atoms with van der Waals surface area (Å²) in [6, 6.07) is 12.2. The van der Waals surface area contributed by atoms with Gasteiger partial charge in [-0.2, -0.15) is 13.2 Å². The third kappa shape index (κ3) is 5.06. The highest BCUT2D eigenvalue weighted by Gasteiger charge is 2.34. The maximum absolute atomic E-state index is 13.5. The van der Waals surface area contributed by atoms with Gasteiger partial charge in [-0.05, 0) is 48.0 Å². The summed E-state index contributed by atoms with van der Waals surface area (Å²) >= 11 is 0. The van der Waals surface area contributed by atoms with E-state index in [1.54, 1.807) is 12.1 Å². The zero-order valence-corrected chi connectivity index (χ0v) is 15.7. The highest BCUT2D eigenvalue weighted by Crippen LogP contribution is 2.37. The zero-order valence-electron chi connectivity index (χ0n) is 15.7. The summed E-state index contributed by atoms with van der Waals surface area (Å²) in [6.45, 7) is 0.352. The Morgan fingerprint density at radius 1 is 1.00 bits per heavy atom. The lowest BCUT2D eigenvalue weighted by Crippen LogP contribution is -2.18. The van der Waals surface area contributed by atoms with Gasteiger partial charge in [0.2, 0.25) is 0 Å². The van der Waals surface area contributed by atoms with E-state index in [1.165, 1.54) is 43.7 Å². The van der Waals surface area contributed by atoms with Crippen molar-refractivity contribution in [2.75, 3.05) is 17.7 Å². The van der Waals surface area contributed by atoms with E-state index >= 15 is 0 Å². The van der Waals surface area contributed by atoms with Crippen LogP contribution in [0, 0.1) is 0 Å². The standard InChI is InChI=1S/C21H17F3N2O4/c1-29-12-13-4-6-14(7-5-13)19(27)26-17-9-8-15(11-16(17)21(22,23)24)25-20(28)18-3-2-10-30-18/h2-11H,12H2,1H3,(H,25,28)(H,26,27). The van der Waals surface area contributed by atoms with Crippen LogP contribution < -0.4 is 10.6 Å². The van der Waals surface area contributed by atoms with Crippen LogP contribution in [0.5, 0.6) is 0 Å². The lowest BCUT2D eigenvalue weighted by Gasteiger charge is -2.16. The van der Waals surface area contributed by atoms with Crippen molar-refractivity contribution in [1.82, 2.24) is 0 Å². The van der Waals surface area contributed by atoms with Gasteiger partial charge in [-0.3, -0.25) is 9.59 Å². The van der Waals surface area contributed by atoms with E-state index in [0.717, 1.165) is 17.7 Å². The molecule has 0 saturated carbocycles. The van der Waals surface area contributed by atoms with Crippen LogP contribution in [-0.4, -0.2) is 18.9 Å². The van der Waals surface area contributed by atoms with Gasteiger partial charge in [0, 0.05) is 18.4 Å². The van der Waals surface area contributed by atoms with Crippen LogP contribution in [0.15, 0.2) is 65.3 Å². The van der Waals surface area contributed by atoms with E-state index in [9.17, 15) is 22.8 Å². The molecule has 0 bridgehead atoms. The number of carbonyl (C=O) groups excluding carboxylic acids is 2. The number of amides is 2. The number of ether oxygens (including phenoxy) is 1. The fraction of sp³-hybridized carbons (Fsp3) is 0.143. The molecule has 30 heavy (non-hydrogen) atoms. The predicted molar refractivity (Wildman–Crippen MR) is 103 cm³/mol. The van der Waals surface area contributed by atoms with E-state index in [0.29, 0.717) is 6.61 Å². The van der Waals surface area contributed by atoms with E-state index in [1.807, 2.05) is 0 Å². The molecule has 2 amide bonds. The molecule has 6 nitrogen and oxygen atoms in total. The van der Waals surface area contributed by atoms with Crippen molar-refractivity contribution < 1.29 is 31.9 Å². The molecule has 0 radical (unpaired) electrons. The van der Waals surface area contributed by atoms with Gasteiger partial charge in [-0.25, -0.2) is 0 Å². The number of methoxy groups -OCH3 is 1. The minimum Gasteiger partial charge on any atom is -0.459 e. The van der Waals surface area contributed by atoms with Crippen LogP contribution in [0.25, 0.3) is 0 Å². The Hall–Kier alpha value is -3.59. The summed E-state index contributed by atoms with van der Waals surface area (Å²) in [6.07, 6.45) is -3.48. The highest BCUT2D eigenvalue weighted by molar-refractivity contribution is 6.05. The monoisotopic (exact) mass is 418 g/mol. The highest BCUT2D eigenvalue weighted by atomic mass is 19.4. The maximum Gasteiger partial charge on any atom is 0.418 e. The maximum atomic E-state index is 13.5. The van der Waals surface area contributed by atoms with Crippen molar-refractivity contribution in [3.8, 4) is 0 Å². The van der Waals surface area contributed by atoms with Crippen molar-refractivity contribution >= 4 is 23.2 Å². The summed E-state index contributed by atoms with van der Waals surface area (Å²) in [5.41, 5.74) is -0.598. The second-order valence-corrected chi connectivity index (χ2v) is 6.27. The van der Waals surface area contributed by atoms with E-state index in [-0.39, 0.29) is 17.0 Å². The Bertz CT molecular complexity index is 1030. The van der Waals surface area contributed by atoms with Gasteiger partial charge >= 0.3 is 6.18 Å². The molecule has 1 aromatic heterocycles. The second kappa shape index (κ2) is 8.83. The first-order valence-corrected chi connectivity index (χ1v) is 8.73. The average molecular weight is 418 g/mol. The second-order valence-electron chi connectivity index (χ2n) is 6.27. The first-order chi connectivity index (χ1) is 14.3. The third-order valence-corrected chi connectivity index (χ3v) is 4.10. The lowest BCUT2D eigenvalue weighted by atomic mass is 10.1. The topological polar surface area (TPSA) is 80.6 Å². The molecular weight excluding hydrogens is 401 g/mol. The Balaban J connectivity index is 1.81. The Labute approximate surface area is 169 Å². The minimum absolute atomic E-state index is 0.0437. The molecule has 0 fully saturated rings. The number of halogens is 3. The Morgan fingerprint density at radius 2 is 1.73 bits per heavy atom. The number of hydrogen-bond acceptors (Lipinski definition) is 4. The number of benzene rings is 2. The van der Waals surface area contributed by atoms with Crippen molar-refractivity contribution in [1.29, 1.82) is 0 Å². The first kappa shape index (κ1) is 21.1. The van der Waals surface area contributed by atoms with Gasteiger partial charge in [0.25, 0.3) is 11.8 Å². The fourth-order valence-corrected chi connectivity index (χ4v) is 2.68. The molecule has 0 aliphatic heterocycles. The summed E-state index contributed by atoms with van der Waals surface area (Å²) in [5.74, 6) is -1.43. The normalized spacial score (nSPS) is 11.2. The molecule has 0 unspecified atom stereocenters. The molecule has 0 atom stereocenters. The molecule has 2 N–H and O–H groups in total. The number of furan rings is 1. The van der Waals surface area contributed by atoms with E-state index < -0.39 is 29.2 Å². The lowest BCUT2D eigenvalue weighted by molar-refractivity contribution is -0.136. The van der Waals surface area contributed by atoms with Crippen LogP contribution in [-0.2, 0) is 17.5 Å². The summed E-state index contributed by atoms with van der Waals surface area (Å²) in [7, 11) is 1.53. The largest absolute Gasteiger partial charge is 0.459 e. The van der Waals surface area contributed by atoms with Gasteiger partial charge in [0.15, 0.2) is 5.76 Å². The smallest absolute Gasteiger partial charge is 0.418 e. The van der Waals surface area contributed by atoms with Crippen molar-refractivity contribution in [2.45, 2.75) is 12.8 Å². The van der Waals surface area contributed by atoms with Crippen LogP contribution in [0.2, 0.25) is 0 Å². The molecule has 0 spiro atoms. The molecule has 3 aromatic rings. The van der Waals surface area contributed by atoms with Crippen LogP contribution in [0.4, 0.5) is 24.5 Å². The third-order valence-electron chi connectivity index (χ3n) is 4.10. The number of anilines is 2. The molecule has 2 aromatic carbocycles. The van der Waals surface area contributed by atoms with Crippen molar-refractivity contribution in [3.05, 3.63) is 83.3 Å². The van der Waals surface area contributed by atoms with Gasteiger partial charge in [0.05, 0.1) is 24.1 Å². The Morgan fingerprint density at radius 3 is 2.33 bits per heavy atom. The molecule has 0 aliphatic carbocycles. The number of rotatable bonds is 6. The average Bonchev–Trinajstić information content (AvgIpc) is 3.24. The van der Waals surface area contributed by atoms with Crippen LogP contribution in [0.3, 0.4) is 0 Å². The molecule has 1 heterocycles. The van der Waals surface area contributed by atoms with E-state index in [4.69, 9.17) is 9.15 Å². The molecule has 156 valence electrons. The minimum atomic E-state index is -4.75. The summed E-state index contributed by atoms with van der Waals surface area (Å²) in [4.78, 5) is 24.4. The van der Waals surface area contributed by atoms with Gasteiger partial charge < -0.3 is 19.8 Å². The quantitative estimate of drug-likeness (QED) is 0.594. The molecule has 0 saturated heterocycles. The predicted octanol–water partition coefficient (Wildman–Crippen LogP) is 4.95. The molecule has 9 heteroatoms. The number of carbonyl (C=O) groups is 2. The van der Waals surface area contributed by atoms with Gasteiger partial charge in [0.1, 0.15) is 0 Å². The molecule has 0 aliphatic rings. The fourth-order valence-electron chi connectivity index (χ4n) is 2.68. The van der Waals surface area contributed by atoms with E-state index in [2.05, 4.69) is 10.6 Å².